The molecule has 0 fully saturated rings. The Labute approximate surface area is 150 Å². The minimum atomic E-state index is -2.24. The lowest BCUT2D eigenvalue weighted by molar-refractivity contribution is 0.395. The molecule has 0 aliphatic heterocycles. The topological polar surface area (TPSA) is 18.5 Å². The molecule has 0 aliphatic carbocycles. The fourth-order valence-electron chi connectivity index (χ4n) is 2.41. The van der Waals surface area contributed by atoms with Crippen LogP contribution in [-0.4, -0.2) is 42.3 Å². The van der Waals surface area contributed by atoms with E-state index in [0.29, 0.717) is 0 Å². The van der Waals surface area contributed by atoms with Gasteiger partial charge in [-0.3, -0.25) is 0 Å². The van der Waals surface area contributed by atoms with Crippen molar-refractivity contribution in [1.29, 1.82) is 0 Å². The van der Waals surface area contributed by atoms with Gasteiger partial charge in [-0.25, -0.2) is 0 Å². The summed E-state index contributed by atoms with van der Waals surface area (Å²) in [6.07, 6.45) is 4.68. The van der Waals surface area contributed by atoms with E-state index in [9.17, 15) is 0 Å². The average molecular weight is 397 g/mol. The summed E-state index contributed by atoms with van der Waals surface area (Å²) in [4.78, 5) is 0. The molecule has 0 N–H and O–H groups in total. The van der Waals surface area contributed by atoms with Crippen LogP contribution in [0.2, 0.25) is 44.8 Å². The third kappa shape index (κ3) is 10.7. The monoisotopic (exact) mass is 396 g/mol. The molecule has 132 valence electrons. The second kappa shape index (κ2) is 10.8. The molecule has 2 atom stereocenters. The van der Waals surface area contributed by atoms with E-state index in [1.54, 1.807) is 0 Å². The van der Waals surface area contributed by atoms with Crippen molar-refractivity contribution >= 4 is 48.7 Å². The highest BCUT2D eigenvalue weighted by molar-refractivity contribution is 8.15. The van der Waals surface area contributed by atoms with Gasteiger partial charge in [0.2, 0.25) is 0 Å². The number of thioether (sulfide) groups is 2. The van der Waals surface area contributed by atoms with Gasteiger partial charge in [0.05, 0.1) is 0 Å². The van der Waals surface area contributed by atoms with Crippen LogP contribution in [0.5, 0.6) is 0 Å². The normalized spacial score (nSPS) is 17.8. The van der Waals surface area contributed by atoms with Crippen molar-refractivity contribution in [2.75, 3.05) is 17.1 Å². The van der Waals surface area contributed by atoms with Crippen molar-refractivity contribution < 1.29 is 8.23 Å². The van der Waals surface area contributed by atoms with E-state index in [0.717, 1.165) is 0 Å². The third-order valence-electron chi connectivity index (χ3n) is 3.36. The first-order chi connectivity index (χ1) is 10.1. The minimum absolute atomic E-state index is 1.18. The Bertz CT molecular complexity index is 326. The van der Waals surface area contributed by atoms with Crippen LogP contribution in [0.25, 0.3) is 0 Å². The number of unbranched alkanes of at least 4 members (excludes halogenated alkanes) is 1. The molecule has 0 heterocycles. The van der Waals surface area contributed by atoms with Crippen LogP contribution in [0, 0.1) is 0 Å². The maximum absolute atomic E-state index is 6.79. The van der Waals surface area contributed by atoms with E-state index < -0.39 is 25.2 Å². The molecule has 7 heteroatoms. The van der Waals surface area contributed by atoms with Crippen molar-refractivity contribution in [2.24, 2.45) is 0 Å². The molecule has 0 aliphatic rings. The molecule has 2 nitrogen and oxygen atoms in total. The molecule has 0 aromatic rings. The molecule has 0 saturated heterocycles. The highest BCUT2D eigenvalue weighted by Crippen LogP contribution is 2.29. The van der Waals surface area contributed by atoms with Crippen LogP contribution in [0.15, 0.2) is 12.3 Å². The molecule has 0 radical (unpaired) electrons. The molecule has 0 spiro atoms. The predicted octanol–water partition coefficient (Wildman–Crippen LogP) is 6.08. The third-order valence-corrected chi connectivity index (χ3v) is 17.0. The van der Waals surface area contributed by atoms with Crippen molar-refractivity contribution in [1.82, 2.24) is 0 Å². The van der Waals surface area contributed by atoms with Gasteiger partial charge >= 0.3 is 8.56 Å². The van der Waals surface area contributed by atoms with Crippen LogP contribution in [0.3, 0.4) is 0 Å². The van der Waals surface area contributed by atoms with Gasteiger partial charge < -0.3 is 8.23 Å². The molecular weight excluding hydrogens is 361 g/mol. The summed E-state index contributed by atoms with van der Waals surface area (Å²) < 4.78 is 13.2. The predicted molar refractivity (Wildman–Crippen MR) is 114 cm³/mol. The van der Waals surface area contributed by atoms with E-state index in [1.807, 2.05) is 29.2 Å². The van der Waals surface area contributed by atoms with Crippen molar-refractivity contribution in [3.05, 3.63) is 12.3 Å². The molecular formula is C15H36O2S2Si3. The molecule has 22 heavy (non-hydrogen) atoms. The average Bonchev–Trinajstić information content (AvgIpc) is 2.39. The van der Waals surface area contributed by atoms with Gasteiger partial charge in [0.1, 0.15) is 0 Å². The summed E-state index contributed by atoms with van der Waals surface area (Å²) in [7, 11) is -5.57. The van der Waals surface area contributed by atoms with Crippen LogP contribution in [0.4, 0.5) is 0 Å². The number of hydrogen-bond acceptors (Lipinski definition) is 4. The molecule has 0 amide bonds. The van der Waals surface area contributed by atoms with Gasteiger partial charge in [0, 0.05) is 5.08 Å². The molecule has 0 aromatic heterocycles. The Kier molecular flexibility index (Phi) is 11.3. The first-order valence-electron chi connectivity index (χ1n) is 8.20. The zero-order valence-electron chi connectivity index (χ0n) is 15.7. The first kappa shape index (κ1) is 23.0. The van der Waals surface area contributed by atoms with Crippen molar-refractivity contribution in [2.45, 2.75) is 64.6 Å². The highest BCUT2D eigenvalue weighted by Gasteiger charge is 2.41. The standard InChI is InChI=1S/C15H36O2S2Si3/c1-9-11-13-21(7,14-12-19-15-18-3)17-22(8,10-2)16-20(4,5)6/h10H,2,9,11-15H2,1,3-8H3. The van der Waals surface area contributed by atoms with Crippen molar-refractivity contribution in [3.63, 3.8) is 0 Å². The summed E-state index contributed by atoms with van der Waals surface area (Å²) in [6.45, 7) is 17.6. The molecule has 2 unspecified atom stereocenters. The van der Waals surface area contributed by atoms with Gasteiger partial charge in [0.25, 0.3) is 0 Å². The molecule has 0 saturated carbocycles. The summed E-state index contributed by atoms with van der Waals surface area (Å²) >= 11 is 3.94. The Balaban J connectivity index is 4.87. The van der Waals surface area contributed by atoms with Gasteiger partial charge in [-0.2, -0.15) is 23.5 Å². The van der Waals surface area contributed by atoms with Crippen molar-refractivity contribution in [3.8, 4) is 0 Å². The lowest BCUT2D eigenvalue weighted by atomic mass is 10.4. The summed E-state index contributed by atoms with van der Waals surface area (Å²) in [5, 5.41) is 1.18. The molecule has 0 bridgehead atoms. The van der Waals surface area contributed by atoms with E-state index in [1.165, 1.54) is 35.8 Å². The second-order valence-corrected chi connectivity index (χ2v) is 21.7. The van der Waals surface area contributed by atoms with Gasteiger partial charge in [-0.15, -0.1) is 6.58 Å². The van der Waals surface area contributed by atoms with Crippen LogP contribution in [0.1, 0.15) is 19.8 Å². The fourth-order valence-corrected chi connectivity index (χ4v) is 18.0. The first-order valence-corrected chi connectivity index (χ1v) is 19.4. The number of rotatable bonds is 13. The molecule has 0 aromatic carbocycles. The SMILES string of the molecule is C=C[Si](C)(O[Si](C)(C)C)O[Si](C)(CCCC)CCSCSC. The lowest BCUT2D eigenvalue weighted by Crippen LogP contribution is -2.53. The quantitative estimate of drug-likeness (QED) is 0.213. The zero-order chi connectivity index (χ0) is 17.3. The van der Waals surface area contributed by atoms with Crippen LogP contribution in [-0.2, 0) is 8.23 Å². The number of hydrogen-bond donors (Lipinski definition) is 0. The zero-order valence-corrected chi connectivity index (χ0v) is 20.3. The highest BCUT2D eigenvalue weighted by atomic mass is 32.2. The Morgan fingerprint density at radius 2 is 1.68 bits per heavy atom. The van der Waals surface area contributed by atoms with Gasteiger partial charge in [-0.05, 0) is 56.8 Å². The maximum atomic E-state index is 6.79. The Hall–Kier alpha value is 1.01. The minimum Gasteiger partial charge on any atom is -0.434 e. The van der Waals surface area contributed by atoms with Crippen LogP contribution < -0.4 is 0 Å². The van der Waals surface area contributed by atoms with Gasteiger partial charge in [-0.1, -0.05) is 25.5 Å². The van der Waals surface area contributed by atoms with E-state index in [4.69, 9.17) is 8.23 Å². The Morgan fingerprint density at radius 3 is 2.14 bits per heavy atom. The van der Waals surface area contributed by atoms with Crippen LogP contribution >= 0.6 is 23.5 Å². The lowest BCUT2D eigenvalue weighted by Gasteiger charge is -2.39. The summed E-state index contributed by atoms with van der Waals surface area (Å²) in [5.74, 6) is 1.21. The largest absolute Gasteiger partial charge is 0.434 e. The fraction of sp³-hybridized carbons (Fsp3) is 0.867. The smallest absolute Gasteiger partial charge is 0.340 e. The Morgan fingerprint density at radius 1 is 1.05 bits per heavy atom. The molecule has 0 rings (SSSR count). The van der Waals surface area contributed by atoms with E-state index >= 15 is 0 Å². The van der Waals surface area contributed by atoms with Gasteiger partial charge in [0.15, 0.2) is 16.6 Å². The maximum Gasteiger partial charge on any atom is 0.340 e. The van der Waals surface area contributed by atoms with E-state index in [2.05, 4.69) is 52.5 Å². The van der Waals surface area contributed by atoms with E-state index in [-0.39, 0.29) is 0 Å². The summed E-state index contributed by atoms with van der Waals surface area (Å²) in [5.41, 5.74) is 2.00. The summed E-state index contributed by atoms with van der Waals surface area (Å²) in [6, 6.07) is 2.47. The second-order valence-electron chi connectivity index (χ2n) is 7.15.